The highest BCUT2D eigenvalue weighted by atomic mass is 16.5. The number of carbonyl (C=O) groups is 1. The Labute approximate surface area is 161 Å². The number of anilines is 1. The van der Waals surface area contributed by atoms with Crippen molar-refractivity contribution in [2.45, 2.75) is 20.5 Å². The number of hydrogen-bond acceptors (Lipinski definition) is 3. The molecular formula is C21H28N4O2. The molecule has 0 spiro atoms. The van der Waals surface area contributed by atoms with Gasteiger partial charge < -0.3 is 15.0 Å². The number of benzene rings is 2. The fourth-order valence-electron chi connectivity index (χ4n) is 2.65. The second-order valence-corrected chi connectivity index (χ2v) is 6.35. The summed E-state index contributed by atoms with van der Waals surface area (Å²) < 4.78 is 5.69. The van der Waals surface area contributed by atoms with Crippen LogP contribution in [0.1, 0.15) is 16.7 Å². The molecular weight excluding hydrogens is 340 g/mol. The molecule has 0 aliphatic carbocycles. The topological polar surface area (TPSA) is 66.0 Å². The Kier molecular flexibility index (Phi) is 7.82. The maximum absolute atomic E-state index is 12.3. The minimum atomic E-state index is -0.315. The molecule has 27 heavy (non-hydrogen) atoms. The summed E-state index contributed by atoms with van der Waals surface area (Å²) in [4.78, 5) is 18.4. The van der Waals surface area contributed by atoms with Gasteiger partial charge in [-0.1, -0.05) is 48.5 Å². The number of aryl methyl sites for hydroxylation is 2. The number of urea groups is 1. The predicted octanol–water partition coefficient (Wildman–Crippen LogP) is 3.56. The van der Waals surface area contributed by atoms with E-state index in [2.05, 4.69) is 15.6 Å². The molecule has 0 unspecified atom stereocenters. The summed E-state index contributed by atoms with van der Waals surface area (Å²) in [6.45, 7) is 5.64. The van der Waals surface area contributed by atoms with Gasteiger partial charge in [-0.3, -0.25) is 10.3 Å². The van der Waals surface area contributed by atoms with Crippen LogP contribution in [-0.2, 0) is 11.3 Å². The first-order valence-electron chi connectivity index (χ1n) is 8.95. The van der Waals surface area contributed by atoms with Crippen LogP contribution in [0.4, 0.5) is 10.5 Å². The van der Waals surface area contributed by atoms with Gasteiger partial charge in [0.1, 0.15) is 0 Å². The van der Waals surface area contributed by atoms with E-state index in [4.69, 9.17) is 4.74 Å². The largest absolute Gasteiger partial charge is 0.375 e. The molecule has 2 rings (SSSR count). The zero-order valence-electron chi connectivity index (χ0n) is 16.5. The maximum Gasteiger partial charge on any atom is 0.326 e. The van der Waals surface area contributed by atoms with Crippen molar-refractivity contribution in [1.29, 1.82) is 0 Å². The summed E-state index contributed by atoms with van der Waals surface area (Å²) >= 11 is 0. The molecule has 0 aromatic heterocycles. The number of nitrogens with one attached hydrogen (secondary N) is 2. The zero-order chi connectivity index (χ0) is 19.6. The molecule has 0 atom stereocenters. The average Bonchev–Trinajstić information content (AvgIpc) is 2.67. The third-order valence-electron chi connectivity index (χ3n) is 4.20. The highest BCUT2D eigenvalue weighted by Crippen LogP contribution is 2.19. The molecule has 2 aromatic carbocycles. The minimum Gasteiger partial charge on any atom is -0.375 e. The lowest BCUT2D eigenvalue weighted by Crippen LogP contribution is -2.45. The summed E-state index contributed by atoms with van der Waals surface area (Å²) in [6.07, 6.45) is 0. The summed E-state index contributed by atoms with van der Waals surface area (Å²) in [7, 11) is 3.52. The number of hydrogen-bond donors (Lipinski definition) is 2. The Morgan fingerprint density at radius 3 is 2.37 bits per heavy atom. The number of guanidine groups is 1. The Morgan fingerprint density at radius 1 is 1.07 bits per heavy atom. The van der Waals surface area contributed by atoms with Crippen molar-refractivity contribution in [2.75, 3.05) is 32.6 Å². The van der Waals surface area contributed by atoms with Gasteiger partial charge in [-0.25, -0.2) is 4.79 Å². The third-order valence-corrected chi connectivity index (χ3v) is 4.20. The molecule has 0 saturated heterocycles. The van der Waals surface area contributed by atoms with E-state index in [9.17, 15) is 4.79 Å². The van der Waals surface area contributed by atoms with E-state index >= 15 is 0 Å². The summed E-state index contributed by atoms with van der Waals surface area (Å²) in [5.41, 5.74) is 3.99. The van der Waals surface area contributed by atoms with Crippen molar-refractivity contribution in [3.63, 3.8) is 0 Å². The van der Waals surface area contributed by atoms with Gasteiger partial charge in [0, 0.05) is 26.3 Å². The summed E-state index contributed by atoms with van der Waals surface area (Å²) in [5.74, 6) is 0.488. The number of nitrogens with zero attached hydrogens (tertiary/aromatic N) is 2. The molecule has 0 heterocycles. The van der Waals surface area contributed by atoms with E-state index in [0.29, 0.717) is 25.7 Å². The first-order chi connectivity index (χ1) is 13.0. The van der Waals surface area contributed by atoms with E-state index in [-0.39, 0.29) is 6.03 Å². The number of para-hydroxylation sites is 1. The lowest BCUT2D eigenvalue weighted by Gasteiger charge is -2.22. The average molecular weight is 368 g/mol. The van der Waals surface area contributed by atoms with Crippen LogP contribution >= 0.6 is 0 Å². The second-order valence-electron chi connectivity index (χ2n) is 6.35. The van der Waals surface area contributed by atoms with Crippen LogP contribution < -0.4 is 10.6 Å². The predicted molar refractivity (Wildman–Crippen MR) is 110 cm³/mol. The SMILES string of the molecule is CN=C(NC(=O)Nc1c(C)cccc1C)N(C)CCOCc1ccccc1. The van der Waals surface area contributed by atoms with Crippen molar-refractivity contribution >= 4 is 17.7 Å². The van der Waals surface area contributed by atoms with Crippen LogP contribution in [0.3, 0.4) is 0 Å². The molecule has 2 amide bonds. The van der Waals surface area contributed by atoms with Gasteiger partial charge in [0.15, 0.2) is 0 Å². The number of amides is 2. The van der Waals surface area contributed by atoms with Gasteiger partial charge in [-0.15, -0.1) is 0 Å². The zero-order valence-corrected chi connectivity index (χ0v) is 16.5. The molecule has 2 aromatic rings. The summed E-state index contributed by atoms with van der Waals surface area (Å²) in [5, 5.41) is 5.70. The Balaban J connectivity index is 1.80. The van der Waals surface area contributed by atoms with Crippen molar-refractivity contribution < 1.29 is 9.53 Å². The van der Waals surface area contributed by atoms with E-state index in [0.717, 1.165) is 22.4 Å². The van der Waals surface area contributed by atoms with Crippen molar-refractivity contribution in [3.05, 3.63) is 65.2 Å². The normalized spacial score (nSPS) is 11.2. The van der Waals surface area contributed by atoms with E-state index in [1.54, 1.807) is 7.05 Å². The Bertz CT molecular complexity index is 755. The van der Waals surface area contributed by atoms with Gasteiger partial charge in [0.2, 0.25) is 5.96 Å². The maximum atomic E-state index is 12.3. The molecule has 6 nitrogen and oxygen atoms in total. The van der Waals surface area contributed by atoms with Crippen molar-refractivity contribution in [3.8, 4) is 0 Å². The quantitative estimate of drug-likeness (QED) is 0.465. The minimum absolute atomic E-state index is 0.315. The molecule has 0 aliphatic heterocycles. The van der Waals surface area contributed by atoms with E-state index < -0.39 is 0 Å². The first-order valence-corrected chi connectivity index (χ1v) is 8.95. The van der Waals surface area contributed by atoms with Gasteiger partial charge in [0.05, 0.1) is 13.2 Å². The highest BCUT2D eigenvalue weighted by molar-refractivity contribution is 6.02. The molecule has 0 saturated carbocycles. The molecule has 6 heteroatoms. The van der Waals surface area contributed by atoms with Gasteiger partial charge in [-0.2, -0.15) is 0 Å². The molecule has 144 valence electrons. The second kappa shape index (κ2) is 10.3. The van der Waals surface area contributed by atoms with Crippen LogP contribution in [0, 0.1) is 13.8 Å². The fourth-order valence-corrected chi connectivity index (χ4v) is 2.65. The highest BCUT2D eigenvalue weighted by Gasteiger charge is 2.12. The monoisotopic (exact) mass is 368 g/mol. The molecule has 0 aliphatic rings. The number of likely N-dealkylation sites (N-methyl/N-ethyl adjacent to an activating group) is 1. The van der Waals surface area contributed by atoms with Crippen LogP contribution in [0.5, 0.6) is 0 Å². The standard InChI is InChI=1S/C21H28N4O2/c1-16-9-8-10-17(2)19(16)23-21(26)24-20(22-3)25(4)13-14-27-15-18-11-6-5-7-12-18/h5-12H,13-15H2,1-4H3,(H2,22,23,24,26). The van der Waals surface area contributed by atoms with Gasteiger partial charge in [-0.05, 0) is 30.5 Å². The Hall–Kier alpha value is -2.86. The number of ether oxygens (including phenoxy) is 1. The number of rotatable bonds is 6. The summed E-state index contributed by atoms with van der Waals surface area (Å²) in [6, 6.07) is 15.6. The van der Waals surface area contributed by atoms with Crippen LogP contribution in [0.2, 0.25) is 0 Å². The van der Waals surface area contributed by atoms with Crippen LogP contribution in [-0.4, -0.2) is 44.1 Å². The third kappa shape index (κ3) is 6.42. The molecule has 2 N–H and O–H groups in total. The molecule has 0 bridgehead atoms. The van der Waals surface area contributed by atoms with Crippen LogP contribution in [0.25, 0.3) is 0 Å². The smallest absolute Gasteiger partial charge is 0.326 e. The van der Waals surface area contributed by atoms with Gasteiger partial charge in [0.25, 0.3) is 0 Å². The number of carbonyl (C=O) groups excluding carboxylic acids is 1. The van der Waals surface area contributed by atoms with E-state index in [1.165, 1.54) is 0 Å². The first kappa shape index (κ1) is 20.5. The van der Waals surface area contributed by atoms with Crippen molar-refractivity contribution in [1.82, 2.24) is 10.2 Å². The fraction of sp³-hybridized carbons (Fsp3) is 0.333. The van der Waals surface area contributed by atoms with E-state index in [1.807, 2.05) is 74.3 Å². The lowest BCUT2D eigenvalue weighted by atomic mass is 10.1. The molecule has 0 radical (unpaired) electrons. The molecule has 0 fully saturated rings. The van der Waals surface area contributed by atoms with Crippen LogP contribution in [0.15, 0.2) is 53.5 Å². The van der Waals surface area contributed by atoms with Gasteiger partial charge >= 0.3 is 6.03 Å². The lowest BCUT2D eigenvalue weighted by molar-refractivity contribution is 0.111. The Morgan fingerprint density at radius 2 is 1.74 bits per heavy atom. The number of aliphatic imine (C=N–C) groups is 1. The van der Waals surface area contributed by atoms with Crippen molar-refractivity contribution in [2.24, 2.45) is 4.99 Å².